The number of carbonyl (C=O) groups is 2. The van der Waals surface area contributed by atoms with Crippen LogP contribution in [0, 0.1) is 11.3 Å². The van der Waals surface area contributed by atoms with Gasteiger partial charge in [-0.2, -0.15) is 5.10 Å². The number of nitrogens with zero attached hydrogens (tertiary/aromatic N) is 3. The molecule has 1 aromatic rings. The minimum absolute atomic E-state index is 0.00109. The lowest BCUT2D eigenvalue weighted by molar-refractivity contribution is -0.135. The number of amides is 2. The fourth-order valence-corrected chi connectivity index (χ4v) is 3.68. The van der Waals surface area contributed by atoms with E-state index in [9.17, 15) is 9.59 Å². The van der Waals surface area contributed by atoms with Crippen molar-refractivity contribution in [2.75, 3.05) is 26.3 Å². The maximum absolute atomic E-state index is 12.7. The van der Waals surface area contributed by atoms with Crippen LogP contribution in [0.5, 0.6) is 0 Å². The van der Waals surface area contributed by atoms with Gasteiger partial charge in [0, 0.05) is 31.8 Å². The fraction of sp³-hybridized carbons (Fsp3) is 0.667. The van der Waals surface area contributed by atoms with Gasteiger partial charge in [0.1, 0.15) is 0 Å². The lowest BCUT2D eigenvalue weighted by Gasteiger charge is -2.34. The number of nitrogens with two attached hydrogens (primary N) is 1. The van der Waals surface area contributed by atoms with Crippen molar-refractivity contribution in [3.63, 3.8) is 0 Å². The molecule has 3 aliphatic rings. The molecule has 2 N–H and O–H groups in total. The van der Waals surface area contributed by atoms with Gasteiger partial charge in [-0.3, -0.25) is 14.3 Å². The largest absolute Gasteiger partial charge is 0.381 e. The van der Waals surface area contributed by atoms with Crippen molar-refractivity contribution in [2.24, 2.45) is 17.1 Å². The predicted octanol–water partition coefficient (Wildman–Crippen LogP) is 0.182. The second-order valence-electron chi connectivity index (χ2n) is 6.67. The molecule has 7 heteroatoms. The van der Waals surface area contributed by atoms with E-state index in [-0.39, 0.29) is 17.7 Å². The lowest BCUT2D eigenvalue weighted by atomic mass is 9.74. The molecule has 7 nitrogen and oxygen atoms in total. The Morgan fingerprint density at radius 1 is 1.41 bits per heavy atom. The Bertz CT molecular complexity index is 624. The van der Waals surface area contributed by atoms with E-state index in [0.29, 0.717) is 44.3 Å². The summed E-state index contributed by atoms with van der Waals surface area (Å²) in [6.45, 7) is 1.94. The molecule has 3 fully saturated rings. The summed E-state index contributed by atoms with van der Waals surface area (Å²) >= 11 is 0. The Kier molecular flexibility index (Phi) is 3.00. The third kappa shape index (κ3) is 2.03. The first-order valence-corrected chi connectivity index (χ1v) is 7.81. The molecule has 0 aromatic carbocycles. The number of carbonyl (C=O) groups excluding carboxylic acids is 2. The van der Waals surface area contributed by atoms with E-state index in [1.807, 2.05) is 10.9 Å². The van der Waals surface area contributed by atoms with Crippen LogP contribution in [0.15, 0.2) is 12.4 Å². The standard InChI is InChI=1S/C15H20N4O3/c16-14(21)15-3-4-22-8-11(15)7-18(9-15)13(20)10-5-17-19(6-10)12-1-2-12/h5-6,11-12H,1-4,7-9H2,(H2,16,21)/t11-,15+/m1/s1. The normalized spacial score (nSPS) is 31.1. The SMILES string of the molecule is NC(=O)[C@]12CCOC[C@H]1CN(C(=O)c1cnn(C3CC3)c1)C2. The molecule has 0 unspecified atom stereocenters. The summed E-state index contributed by atoms with van der Waals surface area (Å²) in [7, 11) is 0. The van der Waals surface area contributed by atoms with Crippen LogP contribution in [0.1, 0.15) is 35.7 Å². The van der Waals surface area contributed by atoms with Crippen molar-refractivity contribution in [3.8, 4) is 0 Å². The van der Waals surface area contributed by atoms with Gasteiger partial charge in [0.25, 0.3) is 5.91 Å². The molecule has 0 radical (unpaired) electrons. The van der Waals surface area contributed by atoms with Crippen molar-refractivity contribution in [1.29, 1.82) is 0 Å². The number of hydrogen-bond donors (Lipinski definition) is 1. The Morgan fingerprint density at radius 2 is 2.23 bits per heavy atom. The van der Waals surface area contributed by atoms with Crippen LogP contribution in [0.4, 0.5) is 0 Å². The first kappa shape index (κ1) is 13.8. The van der Waals surface area contributed by atoms with Gasteiger partial charge in [-0.25, -0.2) is 0 Å². The minimum Gasteiger partial charge on any atom is -0.381 e. The van der Waals surface area contributed by atoms with Gasteiger partial charge in [0.15, 0.2) is 0 Å². The third-order valence-corrected chi connectivity index (χ3v) is 5.25. The van der Waals surface area contributed by atoms with Crippen molar-refractivity contribution in [3.05, 3.63) is 18.0 Å². The number of fused-ring (bicyclic) bond motifs is 1. The summed E-state index contributed by atoms with van der Waals surface area (Å²) in [6.07, 6.45) is 6.29. The molecule has 3 heterocycles. The number of aromatic nitrogens is 2. The Labute approximate surface area is 128 Å². The molecule has 2 saturated heterocycles. The topological polar surface area (TPSA) is 90.5 Å². The average molecular weight is 304 g/mol. The molecule has 118 valence electrons. The molecular weight excluding hydrogens is 284 g/mol. The van der Waals surface area contributed by atoms with E-state index >= 15 is 0 Å². The lowest BCUT2D eigenvalue weighted by Crippen LogP contribution is -2.48. The van der Waals surface area contributed by atoms with Gasteiger partial charge in [-0.1, -0.05) is 0 Å². The molecular formula is C15H20N4O3. The number of hydrogen-bond acceptors (Lipinski definition) is 4. The highest BCUT2D eigenvalue weighted by molar-refractivity contribution is 5.95. The molecule has 1 aromatic heterocycles. The van der Waals surface area contributed by atoms with Gasteiger partial charge in [0.2, 0.25) is 5.91 Å². The van der Waals surface area contributed by atoms with E-state index in [1.165, 1.54) is 0 Å². The number of rotatable bonds is 3. The average Bonchev–Trinajstić information content (AvgIpc) is 3.11. The van der Waals surface area contributed by atoms with Crippen LogP contribution in [-0.2, 0) is 9.53 Å². The van der Waals surface area contributed by atoms with Crippen molar-refractivity contribution in [1.82, 2.24) is 14.7 Å². The maximum Gasteiger partial charge on any atom is 0.257 e. The molecule has 1 saturated carbocycles. The summed E-state index contributed by atoms with van der Waals surface area (Å²) in [5, 5.41) is 4.27. The number of primary amides is 1. The quantitative estimate of drug-likeness (QED) is 0.862. The molecule has 2 atom stereocenters. The summed E-state index contributed by atoms with van der Waals surface area (Å²) in [4.78, 5) is 26.4. The van der Waals surface area contributed by atoms with Crippen LogP contribution in [-0.4, -0.2) is 52.8 Å². The Hall–Kier alpha value is -1.89. The molecule has 2 aliphatic heterocycles. The van der Waals surface area contributed by atoms with Crippen LogP contribution >= 0.6 is 0 Å². The zero-order valence-electron chi connectivity index (χ0n) is 12.4. The highest BCUT2D eigenvalue weighted by atomic mass is 16.5. The van der Waals surface area contributed by atoms with E-state index in [2.05, 4.69) is 5.10 Å². The summed E-state index contributed by atoms with van der Waals surface area (Å²) < 4.78 is 7.34. The summed E-state index contributed by atoms with van der Waals surface area (Å²) in [5.74, 6) is -0.382. The zero-order valence-corrected chi connectivity index (χ0v) is 12.4. The molecule has 0 spiro atoms. The molecule has 2 amide bonds. The zero-order chi connectivity index (χ0) is 15.3. The van der Waals surface area contributed by atoms with Crippen molar-refractivity contribution < 1.29 is 14.3 Å². The maximum atomic E-state index is 12.7. The van der Waals surface area contributed by atoms with Gasteiger partial charge in [-0.05, 0) is 19.3 Å². The molecule has 22 heavy (non-hydrogen) atoms. The smallest absolute Gasteiger partial charge is 0.257 e. The first-order valence-electron chi connectivity index (χ1n) is 7.81. The second kappa shape index (κ2) is 4.81. The number of likely N-dealkylation sites (tertiary alicyclic amines) is 1. The van der Waals surface area contributed by atoms with Gasteiger partial charge in [0.05, 0.1) is 29.8 Å². The molecule has 4 rings (SSSR count). The highest BCUT2D eigenvalue weighted by Gasteiger charge is 2.53. The summed E-state index contributed by atoms with van der Waals surface area (Å²) in [5.41, 5.74) is 5.61. The van der Waals surface area contributed by atoms with Gasteiger partial charge < -0.3 is 15.4 Å². The van der Waals surface area contributed by atoms with E-state index in [4.69, 9.17) is 10.5 Å². The molecule has 0 bridgehead atoms. The van der Waals surface area contributed by atoms with E-state index in [0.717, 1.165) is 12.8 Å². The Balaban J connectivity index is 1.55. The van der Waals surface area contributed by atoms with Crippen molar-refractivity contribution in [2.45, 2.75) is 25.3 Å². The summed E-state index contributed by atoms with van der Waals surface area (Å²) in [6, 6.07) is 0.452. The molecule has 1 aliphatic carbocycles. The van der Waals surface area contributed by atoms with Crippen LogP contribution in [0.2, 0.25) is 0 Å². The van der Waals surface area contributed by atoms with Crippen LogP contribution < -0.4 is 5.73 Å². The van der Waals surface area contributed by atoms with E-state index in [1.54, 1.807) is 11.1 Å². The fourth-order valence-electron chi connectivity index (χ4n) is 3.68. The van der Waals surface area contributed by atoms with Crippen LogP contribution in [0.25, 0.3) is 0 Å². The second-order valence-corrected chi connectivity index (χ2v) is 6.67. The predicted molar refractivity (Wildman–Crippen MR) is 77.0 cm³/mol. The Morgan fingerprint density at radius 3 is 2.91 bits per heavy atom. The minimum atomic E-state index is -0.625. The van der Waals surface area contributed by atoms with Gasteiger partial charge in [-0.15, -0.1) is 0 Å². The third-order valence-electron chi connectivity index (χ3n) is 5.25. The first-order chi connectivity index (χ1) is 10.6. The van der Waals surface area contributed by atoms with Crippen LogP contribution in [0.3, 0.4) is 0 Å². The number of ether oxygens (including phenoxy) is 1. The van der Waals surface area contributed by atoms with Crippen molar-refractivity contribution >= 4 is 11.8 Å². The van der Waals surface area contributed by atoms with Gasteiger partial charge >= 0.3 is 0 Å². The highest BCUT2D eigenvalue weighted by Crippen LogP contribution is 2.42. The van der Waals surface area contributed by atoms with E-state index < -0.39 is 5.41 Å². The monoisotopic (exact) mass is 304 g/mol.